The van der Waals surface area contributed by atoms with Gasteiger partial charge in [-0.15, -0.1) is 0 Å². The van der Waals surface area contributed by atoms with Gasteiger partial charge in [0.2, 0.25) is 0 Å². The summed E-state index contributed by atoms with van der Waals surface area (Å²) in [6.07, 6.45) is 4.89. The number of amides is 1. The Hall–Kier alpha value is -2.30. The standard InChI is InChI=1S/C19H25N3O2/c1-4-11-22(14(2)15-8-5-6-9-17(15)24-3)19(23)16-13-21-12-7-10-18(21)20-16/h5-6,8-9,13-14H,4,7,10-12H2,1-3H3. The van der Waals surface area contributed by atoms with Crippen molar-refractivity contribution in [1.29, 1.82) is 0 Å². The molecule has 0 N–H and O–H groups in total. The number of benzene rings is 1. The number of aryl methyl sites for hydroxylation is 2. The Kier molecular flexibility index (Phi) is 4.88. The summed E-state index contributed by atoms with van der Waals surface area (Å²) in [5.74, 6) is 1.84. The minimum absolute atomic E-state index is 0.00263. The fourth-order valence-electron chi connectivity index (χ4n) is 3.40. The predicted molar refractivity (Wildman–Crippen MR) is 93.3 cm³/mol. The van der Waals surface area contributed by atoms with E-state index in [1.807, 2.05) is 35.4 Å². The van der Waals surface area contributed by atoms with Crippen molar-refractivity contribution in [3.8, 4) is 5.75 Å². The molecule has 0 saturated carbocycles. The van der Waals surface area contributed by atoms with Crippen molar-refractivity contribution in [2.45, 2.75) is 45.7 Å². The minimum atomic E-state index is -0.0647. The third-order valence-electron chi connectivity index (χ3n) is 4.66. The molecule has 0 radical (unpaired) electrons. The number of imidazole rings is 1. The van der Waals surface area contributed by atoms with Gasteiger partial charge in [-0.25, -0.2) is 4.98 Å². The van der Waals surface area contributed by atoms with Gasteiger partial charge < -0.3 is 14.2 Å². The minimum Gasteiger partial charge on any atom is -0.496 e. The molecule has 1 aromatic carbocycles. The van der Waals surface area contributed by atoms with Gasteiger partial charge in [0, 0.05) is 31.3 Å². The number of fused-ring (bicyclic) bond motifs is 1. The number of carbonyl (C=O) groups is 1. The highest BCUT2D eigenvalue weighted by molar-refractivity contribution is 5.92. The van der Waals surface area contributed by atoms with E-state index in [1.165, 1.54) is 0 Å². The van der Waals surface area contributed by atoms with Crippen LogP contribution in [0.15, 0.2) is 30.5 Å². The molecule has 0 bridgehead atoms. The van der Waals surface area contributed by atoms with Gasteiger partial charge in [0.15, 0.2) is 0 Å². The lowest BCUT2D eigenvalue weighted by Gasteiger charge is -2.29. The van der Waals surface area contributed by atoms with Crippen LogP contribution in [0, 0.1) is 0 Å². The Labute approximate surface area is 143 Å². The smallest absolute Gasteiger partial charge is 0.274 e. The first-order chi connectivity index (χ1) is 11.7. The molecule has 2 heterocycles. The van der Waals surface area contributed by atoms with Crippen molar-refractivity contribution in [3.63, 3.8) is 0 Å². The summed E-state index contributed by atoms with van der Waals surface area (Å²) >= 11 is 0. The van der Waals surface area contributed by atoms with E-state index in [-0.39, 0.29) is 11.9 Å². The molecule has 1 aliphatic rings. The van der Waals surface area contributed by atoms with Gasteiger partial charge in [-0.2, -0.15) is 0 Å². The van der Waals surface area contributed by atoms with Crippen molar-refractivity contribution in [3.05, 3.63) is 47.5 Å². The van der Waals surface area contributed by atoms with E-state index >= 15 is 0 Å². The predicted octanol–water partition coefficient (Wildman–Crippen LogP) is 3.45. The molecule has 5 nitrogen and oxygen atoms in total. The van der Waals surface area contributed by atoms with Crippen LogP contribution in [0.3, 0.4) is 0 Å². The van der Waals surface area contributed by atoms with E-state index in [0.29, 0.717) is 12.2 Å². The first-order valence-electron chi connectivity index (χ1n) is 8.65. The number of nitrogens with zero attached hydrogens (tertiary/aromatic N) is 3. The average Bonchev–Trinajstić information content (AvgIpc) is 3.20. The zero-order valence-electron chi connectivity index (χ0n) is 14.7. The summed E-state index contributed by atoms with van der Waals surface area (Å²) in [5.41, 5.74) is 1.58. The summed E-state index contributed by atoms with van der Waals surface area (Å²) in [7, 11) is 1.66. The van der Waals surface area contributed by atoms with Crippen molar-refractivity contribution >= 4 is 5.91 Å². The molecule has 0 fully saturated rings. The summed E-state index contributed by atoms with van der Waals surface area (Å²) < 4.78 is 7.57. The maximum absolute atomic E-state index is 13.1. The lowest BCUT2D eigenvalue weighted by atomic mass is 10.0. The van der Waals surface area contributed by atoms with Crippen LogP contribution in [0.5, 0.6) is 5.75 Å². The van der Waals surface area contributed by atoms with E-state index < -0.39 is 0 Å². The highest BCUT2D eigenvalue weighted by Gasteiger charge is 2.27. The SMILES string of the molecule is CCCN(C(=O)c1cn2c(n1)CCC2)C(C)c1ccccc1OC. The van der Waals surface area contributed by atoms with E-state index in [1.54, 1.807) is 7.11 Å². The molecule has 24 heavy (non-hydrogen) atoms. The van der Waals surface area contributed by atoms with Crippen LogP contribution in [0.2, 0.25) is 0 Å². The van der Waals surface area contributed by atoms with Crippen LogP contribution in [0.1, 0.15) is 54.6 Å². The highest BCUT2D eigenvalue weighted by Crippen LogP contribution is 2.30. The molecule has 2 aromatic rings. The molecule has 5 heteroatoms. The number of para-hydroxylation sites is 1. The molecule has 128 valence electrons. The van der Waals surface area contributed by atoms with Crippen molar-refractivity contribution in [2.75, 3.05) is 13.7 Å². The Balaban J connectivity index is 1.89. The second kappa shape index (κ2) is 7.07. The molecule has 3 rings (SSSR count). The van der Waals surface area contributed by atoms with Gasteiger partial charge in [-0.1, -0.05) is 25.1 Å². The summed E-state index contributed by atoms with van der Waals surface area (Å²) in [5, 5.41) is 0. The quantitative estimate of drug-likeness (QED) is 0.816. The molecule has 0 saturated heterocycles. The van der Waals surface area contributed by atoms with Crippen molar-refractivity contribution < 1.29 is 9.53 Å². The zero-order chi connectivity index (χ0) is 17.1. The van der Waals surface area contributed by atoms with Crippen LogP contribution < -0.4 is 4.74 Å². The van der Waals surface area contributed by atoms with Gasteiger partial charge in [-0.3, -0.25) is 4.79 Å². The number of hydrogen-bond donors (Lipinski definition) is 0. The Bertz CT molecular complexity index is 702. The van der Waals surface area contributed by atoms with E-state index in [2.05, 4.69) is 23.4 Å². The number of ether oxygens (including phenoxy) is 1. The number of rotatable bonds is 6. The number of hydrogen-bond acceptors (Lipinski definition) is 3. The molecule has 0 aliphatic carbocycles. The molecular formula is C19H25N3O2. The van der Waals surface area contributed by atoms with Gasteiger partial charge in [0.25, 0.3) is 5.91 Å². The maximum atomic E-state index is 13.1. The molecule has 0 spiro atoms. The maximum Gasteiger partial charge on any atom is 0.274 e. The van der Waals surface area contributed by atoms with Crippen molar-refractivity contribution in [1.82, 2.24) is 14.5 Å². The monoisotopic (exact) mass is 327 g/mol. The second-order valence-electron chi connectivity index (χ2n) is 6.26. The van der Waals surface area contributed by atoms with Gasteiger partial charge in [-0.05, 0) is 25.8 Å². The molecule has 1 atom stereocenters. The third-order valence-corrected chi connectivity index (χ3v) is 4.66. The summed E-state index contributed by atoms with van der Waals surface area (Å²) in [6.45, 7) is 5.79. The van der Waals surface area contributed by atoms with Crippen LogP contribution in [0.25, 0.3) is 0 Å². The first kappa shape index (κ1) is 16.6. The molecule has 1 aliphatic heterocycles. The van der Waals surface area contributed by atoms with Gasteiger partial charge in [0.1, 0.15) is 17.3 Å². The third kappa shape index (κ3) is 3.03. The van der Waals surface area contributed by atoms with Crippen LogP contribution in [0.4, 0.5) is 0 Å². The highest BCUT2D eigenvalue weighted by atomic mass is 16.5. The number of aromatic nitrogens is 2. The van der Waals surface area contributed by atoms with Gasteiger partial charge in [0.05, 0.1) is 13.2 Å². The summed E-state index contributed by atoms with van der Waals surface area (Å²) in [6, 6.07) is 7.82. The van der Waals surface area contributed by atoms with Crippen LogP contribution in [-0.4, -0.2) is 34.0 Å². The largest absolute Gasteiger partial charge is 0.496 e. The van der Waals surface area contributed by atoms with Crippen LogP contribution in [-0.2, 0) is 13.0 Å². The number of methoxy groups -OCH3 is 1. The van der Waals surface area contributed by atoms with E-state index in [4.69, 9.17) is 4.74 Å². The molecular weight excluding hydrogens is 302 g/mol. The Morgan fingerprint density at radius 1 is 1.42 bits per heavy atom. The topological polar surface area (TPSA) is 47.4 Å². The number of carbonyl (C=O) groups excluding carboxylic acids is 1. The summed E-state index contributed by atoms with van der Waals surface area (Å²) in [4.78, 5) is 19.5. The fourth-order valence-corrected chi connectivity index (χ4v) is 3.40. The van der Waals surface area contributed by atoms with Crippen molar-refractivity contribution in [2.24, 2.45) is 0 Å². The first-order valence-corrected chi connectivity index (χ1v) is 8.65. The van der Waals surface area contributed by atoms with Gasteiger partial charge >= 0.3 is 0 Å². The average molecular weight is 327 g/mol. The lowest BCUT2D eigenvalue weighted by Crippen LogP contribution is -2.34. The molecule has 1 aromatic heterocycles. The fraction of sp³-hybridized carbons (Fsp3) is 0.474. The van der Waals surface area contributed by atoms with E-state index in [9.17, 15) is 4.79 Å². The lowest BCUT2D eigenvalue weighted by molar-refractivity contribution is 0.0683. The molecule has 1 unspecified atom stereocenters. The van der Waals surface area contributed by atoms with E-state index in [0.717, 1.165) is 42.9 Å². The Morgan fingerprint density at radius 3 is 2.92 bits per heavy atom. The van der Waals surface area contributed by atoms with Crippen LogP contribution >= 0.6 is 0 Å². The normalized spacial score (nSPS) is 14.3. The second-order valence-corrected chi connectivity index (χ2v) is 6.26. The zero-order valence-corrected chi connectivity index (χ0v) is 14.7. The molecule has 1 amide bonds. The Morgan fingerprint density at radius 2 is 2.21 bits per heavy atom.